The predicted octanol–water partition coefficient (Wildman–Crippen LogP) is 2.56. The molecule has 6 heteroatoms. The number of hydrogen-bond donors (Lipinski definition) is 2. The Bertz CT molecular complexity index is 807. The van der Waals surface area contributed by atoms with Crippen molar-refractivity contribution in [2.24, 2.45) is 16.5 Å². The fourth-order valence-corrected chi connectivity index (χ4v) is 5.53. The lowest BCUT2D eigenvalue weighted by Crippen LogP contribution is -2.68. The van der Waals surface area contributed by atoms with Crippen LogP contribution in [-0.4, -0.2) is 43.9 Å². The van der Waals surface area contributed by atoms with Crippen LogP contribution in [0.4, 0.5) is 0 Å². The molecule has 1 saturated heterocycles. The maximum atomic E-state index is 11.5. The van der Waals surface area contributed by atoms with Gasteiger partial charge in [0, 0.05) is 25.2 Å². The number of nitrogens with zero attached hydrogens (tertiary/aromatic N) is 1. The number of rotatable bonds is 7. The van der Waals surface area contributed by atoms with Gasteiger partial charge in [0.15, 0.2) is 0 Å². The van der Waals surface area contributed by atoms with Gasteiger partial charge in [-0.15, -0.1) is 0 Å². The van der Waals surface area contributed by atoms with Crippen molar-refractivity contribution in [1.29, 1.82) is 0 Å². The van der Waals surface area contributed by atoms with Crippen LogP contribution in [0, 0.1) is 11.3 Å². The summed E-state index contributed by atoms with van der Waals surface area (Å²) in [6, 6.07) is 11.8. The predicted molar refractivity (Wildman–Crippen MR) is 109 cm³/mol. The minimum absolute atomic E-state index is 0.328. The SMILES string of the molecule is CC/C(=C\c1ccccc1)[C@@H]1C[C@H]1NC1CC2(C1)CN(C(C)S(N)(=O)=O)C2. The molecule has 3 fully saturated rings. The second kappa shape index (κ2) is 6.99. The fourth-order valence-electron chi connectivity index (χ4n) is 4.97. The van der Waals surface area contributed by atoms with Gasteiger partial charge in [-0.1, -0.05) is 48.9 Å². The molecule has 0 radical (unpaired) electrons. The first kappa shape index (κ1) is 19.1. The van der Waals surface area contributed by atoms with Crippen LogP contribution in [0.25, 0.3) is 6.08 Å². The molecule has 3 aliphatic rings. The highest BCUT2D eigenvalue weighted by Crippen LogP contribution is 2.51. The van der Waals surface area contributed by atoms with Crippen molar-refractivity contribution in [3.05, 3.63) is 41.5 Å². The summed E-state index contributed by atoms with van der Waals surface area (Å²) in [5.41, 5.74) is 3.17. The molecule has 1 aliphatic heterocycles. The van der Waals surface area contributed by atoms with Gasteiger partial charge in [-0.2, -0.15) is 0 Å². The molecule has 1 spiro atoms. The van der Waals surface area contributed by atoms with Crippen LogP contribution < -0.4 is 10.5 Å². The minimum atomic E-state index is -3.46. The Hall–Kier alpha value is -1.21. The summed E-state index contributed by atoms with van der Waals surface area (Å²) < 4.78 is 23.0. The van der Waals surface area contributed by atoms with Crippen molar-refractivity contribution in [2.45, 2.75) is 57.0 Å². The molecule has 148 valence electrons. The molecule has 5 nitrogen and oxygen atoms in total. The summed E-state index contributed by atoms with van der Waals surface area (Å²) in [5, 5.41) is 8.54. The number of primary sulfonamides is 1. The summed E-state index contributed by atoms with van der Waals surface area (Å²) in [6.45, 7) is 5.67. The van der Waals surface area contributed by atoms with E-state index < -0.39 is 15.4 Å². The summed E-state index contributed by atoms with van der Waals surface area (Å²) in [5.74, 6) is 0.673. The summed E-state index contributed by atoms with van der Waals surface area (Å²) in [6.07, 6.45) is 7.02. The standard InChI is InChI=1S/C21H31N3O2S/c1-3-17(9-16-7-5-4-6-8-16)19-10-20(19)23-18-11-21(12-18)13-24(14-21)15(2)27(22,25)26/h4-9,15,18-20,23H,3,10-14H2,1-2H3,(H2,22,25,26)/b17-9+/t15?,19-,20+/m0/s1. The summed E-state index contributed by atoms with van der Waals surface area (Å²) in [7, 11) is -3.46. The van der Waals surface area contributed by atoms with Gasteiger partial charge >= 0.3 is 0 Å². The highest BCUT2D eigenvalue weighted by molar-refractivity contribution is 7.89. The molecule has 1 aromatic rings. The average molecular weight is 390 g/mol. The van der Waals surface area contributed by atoms with Crippen LogP contribution >= 0.6 is 0 Å². The van der Waals surface area contributed by atoms with Gasteiger partial charge in [0.1, 0.15) is 5.37 Å². The molecule has 1 heterocycles. The van der Waals surface area contributed by atoms with Crippen molar-refractivity contribution in [2.75, 3.05) is 13.1 Å². The molecule has 2 saturated carbocycles. The zero-order valence-electron chi connectivity index (χ0n) is 16.3. The number of benzene rings is 1. The Balaban J connectivity index is 1.24. The number of hydrogen-bond acceptors (Lipinski definition) is 4. The average Bonchev–Trinajstić information content (AvgIpc) is 3.32. The monoisotopic (exact) mass is 389 g/mol. The molecule has 1 unspecified atom stereocenters. The smallest absolute Gasteiger partial charge is 0.225 e. The molecule has 0 bridgehead atoms. The molecule has 4 rings (SSSR count). The topological polar surface area (TPSA) is 75.4 Å². The number of nitrogens with two attached hydrogens (primary N) is 1. The van der Waals surface area contributed by atoms with Crippen molar-refractivity contribution < 1.29 is 8.42 Å². The van der Waals surface area contributed by atoms with Crippen molar-refractivity contribution >= 4 is 16.1 Å². The molecular weight excluding hydrogens is 358 g/mol. The first-order chi connectivity index (χ1) is 12.8. The molecule has 0 aromatic heterocycles. The number of sulfonamides is 1. The van der Waals surface area contributed by atoms with Crippen LogP contribution in [0.5, 0.6) is 0 Å². The van der Waals surface area contributed by atoms with Crippen LogP contribution in [0.15, 0.2) is 35.9 Å². The highest BCUT2D eigenvalue weighted by atomic mass is 32.2. The van der Waals surface area contributed by atoms with E-state index in [1.54, 1.807) is 12.5 Å². The van der Waals surface area contributed by atoms with Gasteiger partial charge in [-0.3, -0.25) is 4.90 Å². The van der Waals surface area contributed by atoms with E-state index in [-0.39, 0.29) is 0 Å². The highest BCUT2D eigenvalue weighted by Gasteiger charge is 2.55. The maximum Gasteiger partial charge on any atom is 0.225 e. The molecular formula is C21H31N3O2S. The Morgan fingerprint density at radius 2 is 2.00 bits per heavy atom. The minimum Gasteiger partial charge on any atom is -0.311 e. The quantitative estimate of drug-likeness (QED) is 0.751. The second-order valence-electron chi connectivity index (χ2n) is 8.80. The molecule has 3 N–H and O–H groups in total. The third kappa shape index (κ3) is 3.99. The summed E-state index contributed by atoms with van der Waals surface area (Å²) >= 11 is 0. The Labute approximate surface area is 163 Å². The van der Waals surface area contributed by atoms with E-state index in [0.717, 1.165) is 32.4 Å². The van der Waals surface area contributed by atoms with Crippen molar-refractivity contribution in [3.63, 3.8) is 0 Å². The van der Waals surface area contributed by atoms with E-state index in [9.17, 15) is 8.42 Å². The van der Waals surface area contributed by atoms with Gasteiger partial charge in [0.25, 0.3) is 0 Å². The normalized spacial score (nSPS) is 29.2. The van der Waals surface area contributed by atoms with E-state index >= 15 is 0 Å². The second-order valence-corrected chi connectivity index (χ2v) is 10.7. The van der Waals surface area contributed by atoms with Gasteiger partial charge in [-0.25, -0.2) is 13.6 Å². The third-order valence-corrected chi connectivity index (χ3v) is 7.95. The van der Waals surface area contributed by atoms with E-state index in [2.05, 4.69) is 48.6 Å². The lowest BCUT2D eigenvalue weighted by atomic mass is 9.60. The third-order valence-electron chi connectivity index (χ3n) is 6.70. The molecule has 27 heavy (non-hydrogen) atoms. The number of likely N-dealkylation sites (tertiary alicyclic amines) is 1. The molecule has 0 amide bonds. The van der Waals surface area contributed by atoms with Crippen LogP contribution in [0.1, 0.15) is 45.1 Å². The van der Waals surface area contributed by atoms with E-state index in [0.29, 0.717) is 23.4 Å². The van der Waals surface area contributed by atoms with Gasteiger partial charge < -0.3 is 5.32 Å². The Kier molecular flexibility index (Phi) is 4.95. The van der Waals surface area contributed by atoms with Crippen molar-refractivity contribution in [1.82, 2.24) is 10.2 Å². The molecule has 1 aromatic carbocycles. The first-order valence-corrected chi connectivity index (χ1v) is 11.7. The van der Waals surface area contributed by atoms with Gasteiger partial charge in [-0.05, 0) is 49.5 Å². The van der Waals surface area contributed by atoms with E-state index in [1.807, 2.05) is 4.90 Å². The lowest BCUT2D eigenvalue weighted by Gasteiger charge is -2.60. The molecule has 3 atom stereocenters. The largest absolute Gasteiger partial charge is 0.311 e. The van der Waals surface area contributed by atoms with Gasteiger partial charge in [0.05, 0.1) is 0 Å². The first-order valence-electron chi connectivity index (χ1n) is 10.1. The fraction of sp³-hybridized carbons (Fsp3) is 0.619. The van der Waals surface area contributed by atoms with Gasteiger partial charge in [0.2, 0.25) is 10.0 Å². The Morgan fingerprint density at radius 3 is 2.59 bits per heavy atom. The Morgan fingerprint density at radius 1 is 1.33 bits per heavy atom. The number of nitrogens with one attached hydrogen (secondary N) is 1. The van der Waals surface area contributed by atoms with Crippen LogP contribution in [0.2, 0.25) is 0 Å². The zero-order valence-corrected chi connectivity index (χ0v) is 17.1. The zero-order chi connectivity index (χ0) is 19.2. The van der Waals surface area contributed by atoms with E-state index in [1.165, 1.54) is 12.0 Å². The molecule has 2 aliphatic carbocycles. The summed E-state index contributed by atoms with van der Waals surface area (Å²) in [4.78, 5) is 1.99. The van der Waals surface area contributed by atoms with Crippen LogP contribution in [0.3, 0.4) is 0 Å². The van der Waals surface area contributed by atoms with Crippen molar-refractivity contribution in [3.8, 4) is 0 Å². The van der Waals surface area contributed by atoms with Crippen LogP contribution in [-0.2, 0) is 10.0 Å². The van der Waals surface area contributed by atoms with E-state index in [4.69, 9.17) is 5.14 Å². The lowest BCUT2D eigenvalue weighted by molar-refractivity contribution is -0.0833. The maximum absolute atomic E-state index is 11.5.